The summed E-state index contributed by atoms with van der Waals surface area (Å²) in [6.45, 7) is 0. The Morgan fingerprint density at radius 1 is 1.27 bits per heavy atom. The van der Waals surface area contributed by atoms with Gasteiger partial charge in [0.15, 0.2) is 0 Å². The fourth-order valence-corrected chi connectivity index (χ4v) is 3.00. The molecule has 0 radical (unpaired) electrons. The largest absolute Gasteiger partial charge is 0.469 e. The van der Waals surface area contributed by atoms with Crippen LogP contribution in [-0.2, 0) is 0 Å². The van der Waals surface area contributed by atoms with Crippen LogP contribution in [0.25, 0.3) is 0 Å². The first-order valence-corrected chi connectivity index (χ1v) is 7.81. The number of aromatic nitrogens is 1. The monoisotopic (exact) mass is 297 g/mol. The maximum atomic E-state index is 12.3. The number of urea groups is 1. The van der Waals surface area contributed by atoms with Crippen molar-refractivity contribution in [1.29, 1.82) is 0 Å². The minimum Gasteiger partial charge on any atom is -0.469 e. The fourth-order valence-electron chi connectivity index (χ4n) is 3.00. The Bertz CT molecular complexity index is 637. The molecule has 3 atom stereocenters. The van der Waals surface area contributed by atoms with Gasteiger partial charge in [0.1, 0.15) is 5.76 Å². The summed E-state index contributed by atoms with van der Waals surface area (Å²) >= 11 is 0. The molecule has 5 heteroatoms. The Labute approximate surface area is 129 Å². The van der Waals surface area contributed by atoms with Crippen LogP contribution in [0.1, 0.15) is 42.5 Å². The van der Waals surface area contributed by atoms with Gasteiger partial charge in [-0.2, -0.15) is 0 Å². The molecule has 0 spiro atoms. The minimum atomic E-state index is -0.0900. The van der Waals surface area contributed by atoms with E-state index in [1.54, 1.807) is 18.7 Å². The van der Waals surface area contributed by atoms with Crippen LogP contribution >= 0.6 is 0 Å². The molecular formula is C17H19N3O2. The van der Waals surface area contributed by atoms with E-state index in [-0.39, 0.29) is 18.1 Å². The third-order valence-electron chi connectivity index (χ3n) is 4.46. The number of hydrogen-bond donors (Lipinski definition) is 2. The number of nitrogens with one attached hydrogen (secondary N) is 2. The number of amides is 2. The van der Waals surface area contributed by atoms with Gasteiger partial charge in [-0.3, -0.25) is 4.98 Å². The number of furan rings is 1. The van der Waals surface area contributed by atoms with E-state index in [4.69, 9.17) is 4.42 Å². The predicted molar refractivity (Wildman–Crippen MR) is 81.2 cm³/mol. The van der Waals surface area contributed by atoms with E-state index in [1.165, 1.54) is 12.8 Å². The molecule has 2 amide bonds. The molecule has 2 fully saturated rings. The lowest BCUT2D eigenvalue weighted by Crippen LogP contribution is -2.40. The first-order valence-electron chi connectivity index (χ1n) is 7.81. The van der Waals surface area contributed by atoms with Crippen molar-refractivity contribution in [2.24, 2.45) is 5.92 Å². The predicted octanol–water partition coefficient (Wildman–Crippen LogP) is 2.98. The number of rotatable bonds is 5. The molecule has 2 aliphatic rings. The Morgan fingerprint density at radius 3 is 2.77 bits per heavy atom. The van der Waals surface area contributed by atoms with Crippen molar-refractivity contribution in [3.8, 4) is 0 Å². The molecule has 2 N–H and O–H groups in total. The summed E-state index contributed by atoms with van der Waals surface area (Å²) in [6.07, 6.45) is 8.52. The van der Waals surface area contributed by atoms with E-state index in [1.807, 2.05) is 24.3 Å². The average molecular weight is 297 g/mol. The summed E-state index contributed by atoms with van der Waals surface area (Å²) < 4.78 is 5.39. The normalized spacial score (nSPS) is 24.5. The molecule has 0 bridgehead atoms. The molecule has 2 aromatic heterocycles. The highest BCUT2D eigenvalue weighted by atomic mass is 16.3. The molecule has 1 unspecified atom stereocenters. The van der Waals surface area contributed by atoms with Gasteiger partial charge in [-0.1, -0.05) is 0 Å². The highest BCUT2D eigenvalue weighted by Gasteiger charge is 2.42. The van der Waals surface area contributed by atoms with Gasteiger partial charge in [-0.25, -0.2) is 4.79 Å². The summed E-state index contributed by atoms with van der Waals surface area (Å²) in [5.74, 6) is 1.83. The molecule has 2 aliphatic carbocycles. The first-order chi connectivity index (χ1) is 10.8. The van der Waals surface area contributed by atoms with Crippen molar-refractivity contribution >= 4 is 6.03 Å². The van der Waals surface area contributed by atoms with Crippen molar-refractivity contribution in [3.05, 3.63) is 54.2 Å². The zero-order valence-corrected chi connectivity index (χ0v) is 12.2. The van der Waals surface area contributed by atoms with Crippen LogP contribution in [-0.4, -0.2) is 17.1 Å². The van der Waals surface area contributed by atoms with Crippen LogP contribution < -0.4 is 10.6 Å². The maximum absolute atomic E-state index is 12.3. The molecule has 0 aliphatic heterocycles. The van der Waals surface area contributed by atoms with Gasteiger partial charge >= 0.3 is 6.03 Å². The molecule has 4 rings (SSSR count). The third-order valence-corrected chi connectivity index (χ3v) is 4.46. The van der Waals surface area contributed by atoms with E-state index >= 15 is 0 Å². The average Bonchev–Trinajstić information content (AvgIpc) is 3.46. The van der Waals surface area contributed by atoms with Crippen molar-refractivity contribution < 1.29 is 9.21 Å². The second kappa shape index (κ2) is 5.48. The highest BCUT2D eigenvalue weighted by molar-refractivity contribution is 5.75. The van der Waals surface area contributed by atoms with Gasteiger partial charge in [0.05, 0.1) is 12.3 Å². The summed E-state index contributed by atoms with van der Waals surface area (Å²) in [4.78, 5) is 16.3. The van der Waals surface area contributed by atoms with Crippen molar-refractivity contribution in [2.75, 3.05) is 0 Å². The molecule has 114 valence electrons. The second-order valence-corrected chi connectivity index (χ2v) is 6.18. The van der Waals surface area contributed by atoms with Crippen molar-refractivity contribution in [1.82, 2.24) is 15.6 Å². The highest BCUT2D eigenvalue weighted by Crippen LogP contribution is 2.42. The number of nitrogens with zero attached hydrogens (tertiary/aromatic N) is 1. The van der Waals surface area contributed by atoms with Crippen LogP contribution in [0.4, 0.5) is 4.79 Å². The van der Waals surface area contributed by atoms with Crippen molar-refractivity contribution in [3.63, 3.8) is 0 Å². The SMILES string of the molecule is O=C(NC(c1ccncc1)C1CC1)N[C@@H]1C[C@H]1c1ccco1. The van der Waals surface area contributed by atoms with Crippen LogP contribution in [0.2, 0.25) is 0 Å². The summed E-state index contributed by atoms with van der Waals surface area (Å²) in [6, 6.07) is 7.99. The van der Waals surface area contributed by atoms with Gasteiger partial charge in [0.25, 0.3) is 0 Å². The Morgan fingerprint density at radius 2 is 2.09 bits per heavy atom. The molecule has 0 saturated heterocycles. The van der Waals surface area contributed by atoms with E-state index < -0.39 is 0 Å². The lowest BCUT2D eigenvalue weighted by molar-refractivity contribution is 0.235. The molecule has 2 aromatic rings. The van der Waals surface area contributed by atoms with Gasteiger partial charge < -0.3 is 15.1 Å². The van der Waals surface area contributed by atoms with Gasteiger partial charge in [0.2, 0.25) is 0 Å². The molecule has 2 saturated carbocycles. The molecule has 2 heterocycles. The zero-order chi connectivity index (χ0) is 14.9. The third kappa shape index (κ3) is 2.84. The molecular weight excluding hydrogens is 278 g/mol. The van der Waals surface area contributed by atoms with Crippen LogP contribution in [0.15, 0.2) is 47.3 Å². The Kier molecular flexibility index (Phi) is 3.33. The van der Waals surface area contributed by atoms with Crippen LogP contribution in [0.5, 0.6) is 0 Å². The van der Waals surface area contributed by atoms with Crippen molar-refractivity contribution in [2.45, 2.75) is 37.3 Å². The standard InChI is InChI=1S/C17H19N3O2/c21-17(19-14-10-13(14)15-2-1-9-22-15)20-16(11-3-4-11)12-5-7-18-8-6-12/h1-2,5-9,11,13-14,16H,3-4,10H2,(H2,19,20,21)/t13-,14-,16?/m1/s1. The number of hydrogen-bond acceptors (Lipinski definition) is 3. The molecule has 0 aromatic carbocycles. The smallest absolute Gasteiger partial charge is 0.315 e. The number of pyridine rings is 1. The van der Waals surface area contributed by atoms with E-state index in [9.17, 15) is 4.79 Å². The number of carbonyl (C=O) groups is 1. The Balaban J connectivity index is 1.35. The molecule has 22 heavy (non-hydrogen) atoms. The first kappa shape index (κ1) is 13.4. The minimum absolute atomic E-state index is 0.0869. The van der Waals surface area contributed by atoms with E-state index in [2.05, 4.69) is 15.6 Å². The zero-order valence-electron chi connectivity index (χ0n) is 12.2. The van der Waals surface area contributed by atoms with Crippen LogP contribution in [0.3, 0.4) is 0 Å². The molecule has 5 nitrogen and oxygen atoms in total. The second-order valence-electron chi connectivity index (χ2n) is 6.18. The van der Waals surface area contributed by atoms with E-state index in [0.29, 0.717) is 11.8 Å². The lowest BCUT2D eigenvalue weighted by atomic mass is 10.0. The summed E-state index contributed by atoms with van der Waals surface area (Å²) in [7, 11) is 0. The van der Waals surface area contributed by atoms with E-state index in [0.717, 1.165) is 17.7 Å². The van der Waals surface area contributed by atoms with Gasteiger partial charge in [-0.15, -0.1) is 0 Å². The van der Waals surface area contributed by atoms with Gasteiger partial charge in [0, 0.05) is 24.4 Å². The van der Waals surface area contributed by atoms with Crippen LogP contribution in [0, 0.1) is 5.92 Å². The van der Waals surface area contributed by atoms with Gasteiger partial charge in [-0.05, 0) is 55.0 Å². The fraction of sp³-hybridized carbons (Fsp3) is 0.412. The quantitative estimate of drug-likeness (QED) is 0.891. The Hall–Kier alpha value is -2.30. The topological polar surface area (TPSA) is 67.2 Å². The summed E-state index contributed by atoms with van der Waals surface area (Å²) in [5, 5.41) is 6.17. The lowest BCUT2D eigenvalue weighted by Gasteiger charge is -2.19. The summed E-state index contributed by atoms with van der Waals surface area (Å²) in [5.41, 5.74) is 1.13. The number of carbonyl (C=O) groups excluding carboxylic acids is 1. The maximum Gasteiger partial charge on any atom is 0.315 e.